The van der Waals surface area contributed by atoms with Crippen LogP contribution in [0.1, 0.15) is 12.8 Å². The summed E-state index contributed by atoms with van der Waals surface area (Å²) in [5, 5.41) is 12.3. The highest BCUT2D eigenvalue weighted by Crippen LogP contribution is 2.22. The number of anilines is 1. The lowest BCUT2D eigenvalue weighted by Crippen LogP contribution is -2.41. The van der Waals surface area contributed by atoms with Crippen molar-refractivity contribution in [1.82, 2.24) is 25.1 Å². The van der Waals surface area contributed by atoms with Gasteiger partial charge in [0.1, 0.15) is 6.54 Å². The van der Waals surface area contributed by atoms with Crippen molar-refractivity contribution in [3.05, 3.63) is 30.3 Å². The lowest BCUT2D eigenvalue weighted by molar-refractivity contribution is -0.132. The van der Waals surface area contributed by atoms with Gasteiger partial charge in [-0.1, -0.05) is 23.3 Å². The molecule has 0 aliphatic carbocycles. The van der Waals surface area contributed by atoms with Crippen LogP contribution < -0.4 is 4.90 Å². The summed E-state index contributed by atoms with van der Waals surface area (Å²) in [6.45, 7) is 3.08. The third-order valence-corrected chi connectivity index (χ3v) is 7.04. The van der Waals surface area contributed by atoms with E-state index >= 15 is 0 Å². The molecule has 1 aromatic heterocycles. The van der Waals surface area contributed by atoms with Gasteiger partial charge in [0, 0.05) is 25.7 Å². The summed E-state index contributed by atoms with van der Waals surface area (Å²) in [5.74, 6) is 0.208. The number of tetrazole rings is 1. The second kappa shape index (κ2) is 8.46. The molecule has 0 N–H and O–H groups in total. The van der Waals surface area contributed by atoms with E-state index in [4.69, 9.17) is 4.74 Å². The molecule has 0 saturated carbocycles. The zero-order chi connectivity index (χ0) is 20.3. The van der Waals surface area contributed by atoms with Crippen LogP contribution >= 0.6 is 0 Å². The largest absolute Gasteiger partial charge is 0.378 e. The topological polar surface area (TPSA) is 111 Å². The molecule has 0 bridgehead atoms. The van der Waals surface area contributed by atoms with Gasteiger partial charge in [-0.2, -0.15) is 4.80 Å². The summed E-state index contributed by atoms with van der Waals surface area (Å²) in [6, 6.07) is 8.02. The molecule has 1 unspecified atom stereocenters. The van der Waals surface area contributed by atoms with Gasteiger partial charge >= 0.3 is 0 Å². The number of hydrogen-bond acceptors (Lipinski definition) is 8. The van der Waals surface area contributed by atoms with Gasteiger partial charge in [-0.25, -0.2) is 8.42 Å². The Morgan fingerprint density at radius 3 is 2.66 bits per heavy atom. The molecule has 2 aromatic rings. The first-order valence-corrected chi connectivity index (χ1v) is 11.4. The second-order valence-corrected chi connectivity index (χ2v) is 9.23. The minimum Gasteiger partial charge on any atom is -0.378 e. The predicted octanol–water partition coefficient (Wildman–Crippen LogP) is -0.0254. The fraction of sp³-hybridized carbons (Fsp3) is 0.556. The average molecular weight is 420 g/mol. The van der Waals surface area contributed by atoms with Crippen LogP contribution in [0.15, 0.2) is 35.2 Å². The molecule has 10 nitrogen and oxygen atoms in total. The molecule has 0 radical (unpaired) electrons. The molecule has 2 fully saturated rings. The van der Waals surface area contributed by atoms with Gasteiger partial charge in [0.15, 0.2) is 9.84 Å². The highest BCUT2D eigenvalue weighted by molar-refractivity contribution is 7.91. The van der Waals surface area contributed by atoms with Crippen LogP contribution in [-0.4, -0.2) is 84.1 Å². The fourth-order valence-corrected chi connectivity index (χ4v) is 5.34. The smallest absolute Gasteiger partial charge is 0.266 e. The molecule has 1 amide bonds. The van der Waals surface area contributed by atoms with Gasteiger partial charge in [-0.3, -0.25) is 4.79 Å². The molecular weight excluding hydrogens is 396 g/mol. The van der Waals surface area contributed by atoms with Crippen molar-refractivity contribution in [3.8, 4) is 0 Å². The number of sulfone groups is 1. The zero-order valence-electron chi connectivity index (χ0n) is 16.1. The number of amides is 1. The van der Waals surface area contributed by atoms with Crippen LogP contribution in [0.25, 0.3) is 0 Å². The summed E-state index contributed by atoms with van der Waals surface area (Å²) >= 11 is 0. The number of benzene rings is 1. The van der Waals surface area contributed by atoms with E-state index in [1.807, 2.05) is 4.90 Å². The van der Waals surface area contributed by atoms with Gasteiger partial charge < -0.3 is 14.5 Å². The van der Waals surface area contributed by atoms with E-state index in [1.165, 1.54) is 4.80 Å². The third kappa shape index (κ3) is 4.56. The summed E-state index contributed by atoms with van der Waals surface area (Å²) in [7, 11) is -3.46. The van der Waals surface area contributed by atoms with Crippen molar-refractivity contribution in [1.29, 1.82) is 0 Å². The minimum atomic E-state index is -3.46. The van der Waals surface area contributed by atoms with Crippen LogP contribution in [0.4, 0.5) is 5.95 Å². The molecule has 0 spiro atoms. The number of aromatic nitrogens is 4. The minimum absolute atomic E-state index is 0.0563. The molecule has 29 heavy (non-hydrogen) atoms. The first kappa shape index (κ1) is 19.8. The van der Waals surface area contributed by atoms with E-state index in [1.54, 1.807) is 35.2 Å². The van der Waals surface area contributed by atoms with E-state index in [0.29, 0.717) is 45.2 Å². The molecule has 1 aromatic carbocycles. The molecule has 1 atom stereocenters. The van der Waals surface area contributed by atoms with Crippen molar-refractivity contribution in [3.63, 3.8) is 0 Å². The Hall–Kier alpha value is -2.53. The Morgan fingerprint density at radius 2 is 1.90 bits per heavy atom. The zero-order valence-corrected chi connectivity index (χ0v) is 16.9. The first-order valence-electron chi connectivity index (χ1n) is 9.71. The molecular formula is C18H24N6O4S. The van der Waals surface area contributed by atoms with Crippen LogP contribution in [0.2, 0.25) is 0 Å². The lowest BCUT2D eigenvalue weighted by atomic mass is 10.2. The van der Waals surface area contributed by atoms with Gasteiger partial charge in [-0.15, -0.1) is 5.10 Å². The number of rotatable bonds is 6. The molecule has 4 rings (SSSR count). The van der Waals surface area contributed by atoms with Gasteiger partial charge in [0.25, 0.3) is 5.95 Å². The molecule has 2 aliphatic heterocycles. The van der Waals surface area contributed by atoms with E-state index in [0.717, 1.165) is 6.42 Å². The lowest BCUT2D eigenvalue weighted by Gasteiger charge is -2.25. The van der Waals surface area contributed by atoms with Gasteiger partial charge in [0.2, 0.25) is 5.91 Å². The average Bonchev–Trinajstić information content (AvgIpc) is 3.39. The van der Waals surface area contributed by atoms with Crippen LogP contribution in [0, 0.1) is 0 Å². The Kier molecular flexibility index (Phi) is 5.76. The number of likely N-dealkylation sites (tertiary alicyclic amines) is 1. The Labute approximate surface area is 169 Å². The second-order valence-electron chi connectivity index (χ2n) is 7.20. The van der Waals surface area contributed by atoms with E-state index in [2.05, 4.69) is 15.4 Å². The standard InChI is InChI=1S/C18H24N6O4S/c25-17(13-24-20-18(19-21-24)22-9-11-28-12-10-22)23-8-4-5-15(23)14-29(26,27)16-6-2-1-3-7-16/h1-3,6-7,15H,4-5,8-14H2. The molecule has 156 valence electrons. The number of nitrogens with zero attached hydrogens (tertiary/aromatic N) is 6. The first-order chi connectivity index (χ1) is 14.0. The normalized spacial score (nSPS) is 20.2. The van der Waals surface area contributed by atoms with Gasteiger partial charge in [-0.05, 0) is 30.2 Å². The predicted molar refractivity (Wildman–Crippen MR) is 104 cm³/mol. The van der Waals surface area contributed by atoms with E-state index in [-0.39, 0.29) is 29.1 Å². The summed E-state index contributed by atoms with van der Waals surface area (Å²) in [4.78, 5) is 18.0. The number of ether oxygens (including phenoxy) is 1. The monoisotopic (exact) mass is 420 g/mol. The summed E-state index contributed by atoms with van der Waals surface area (Å²) in [6.07, 6.45) is 1.45. The molecule has 2 saturated heterocycles. The van der Waals surface area contributed by atoms with Crippen LogP contribution in [0.3, 0.4) is 0 Å². The van der Waals surface area contributed by atoms with Crippen molar-refractivity contribution in [2.45, 2.75) is 30.3 Å². The summed E-state index contributed by atoms with van der Waals surface area (Å²) < 4.78 is 30.7. The Bertz CT molecular complexity index is 942. The number of carbonyl (C=O) groups excluding carboxylic acids is 1. The summed E-state index contributed by atoms with van der Waals surface area (Å²) in [5.41, 5.74) is 0. The van der Waals surface area contributed by atoms with E-state index in [9.17, 15) is 13.2 Å². The SMILES string of the molecule is O=C(Cn1nnc(N2CCOCC2)n1)N1CCCC1CS(=O)(=O)c1ccccc1. The fourth-order valence-electron chi connectivity index (χ4n) is 3.72. The van der Waals surface area contributed by atoms with Gasteiger partial charge in [0.05, 0.1) is 23.9 Å². The van der Waals surface area contributed by atoms with Crippen LogP contribution in [0.5, 0.6) is 0 Å². The number of hydrogen-bond donors (Lipinski definition) is 0. The molecule has 2 aliphatic rings. The number of morpholine rings is 1. The highest BCUT2D eigenvalue weighted by Gasteiger charge is 2.33. The quantitative estimate of drug-likeness (QED) is 0.641. The maximum Gasteiger partial charge on any atom is 0.266 e. The maximum absolute atomic E-state index is 12.8. The molecule has 11 heteroatoms. The van der Waals surface area contributed by atoms with Crippen molar-refractivity contribution in [2.24, 2.45) is 0 Å². The highest BCUT2D eigenvalue weighted by atomic mass is 32.2. The number of carbonyl (C=O) groups is 1. The van der Waals surface area contributed by atoms with Crippen molar-refractivity contribution < 1.29 is 17.9 Å². The third-order valence-electron chi connectivity index (χ3n) is 5.22. The van der Waals surface area contributed by atoms with Crippen LogP contribution in [-0.2, 0) is 25.9 Å². The molecule has 3 heterocycles. The van der Waals surface area contributed by atoms with Crippen molar-refractivity contribution in [2.75, 3.05) is 43.5 Å². The van der Waals surface area contributed by atoms with Crippen molar-refractivity contribution >= 4 is 21.7 Å². The Morgan fingerprint density at radius 1 is 1.14 bits per heavy atom. The Balaban J connectivity index is 1.40. The van der Waals surface area contributed by atoms with E-state index < -0.39 is 9.84 Å². The maximum atomic E-state index is 12.8.